The van der Waals surface area contributed by atoms with Crippen LogP contribution in [0.15, 0.2) is 71.2 Å². The standard InChI is InChI=1S/C20H20N2O3/c1-23-15-8-6-14(7-9-15)10-11-22-18(12-20(21)25-22)17-13-24-19-5-3-2-4-16(17)19/h2-9,12-13,18H,10-11,21H2,1H3. The Labute approximate surface area is 146 Å². The Balaban J connectivity index is 1.52. The van der Waals surface area contributed by atoms with Crippen LogP contribution in [-0.2, 0) is 11.3 Å². The molecule has 25 heavy (non-hydrogen) atoms. The summed E-state index contributed by atoms with van der Waals surface area (Å²) in [5, 5.41) is 2.98. The summed E-state index contributed by atoms with van der Waals surface area (Å²) < 4.78 is 10.9. The van der Waals surface area contributed by atoms with Crippen molar-refractivity contribution in [2.75, 3.05) is 13.7 Å². The summed E-state index contributed by atoms with van der Waals surface area (Å²) in [6.07, 6.45) is 4.55. The lowest BCUT2D eigenvalue weighted by atomic mass is 10.0. The number of hydroxylamine groups is 2. The third kappa shape index (κ3) is 3.06. The fourth-order valence-electron chi connectivity index (χ4n) is 3.15. The zero-order valence-electron chi connectivity index (χ0n) is 14.0. The van der Waals surface area contributed by atoms with E-state index in [1.165, 1.54) is 5.56 Å². The Bertz CT molecular complexity index is 899. The van der Waals surface area contributed by atoms with E-state index in [2.05, 4.69) is 18.2 Å². The monoisotopic (exact) mass is 336 g/mol. The number of hydrogen-bond acceptors (Lipinski definition) is 5. The van der Waals surface area contributed by atoms with Gasteiger partial charge in [0.05, 0.1) is 19.4 Å². The van der Waals surface area contributed by atoms with Crippen LogP contribution < -0.4 is 10.5 Å². The molecule has 5 nitrogen and oxygen atoms in total. The summed E-state index contributed by atoms with van der Waals surface area (Å²) in [6, 6.07) is 16.0. The van der Waals surface area contributed by atoms with Gasteiger partial charge in [-0.05, 0) is 30.2 Å². The molecule has 0 amide bonds. The fourth-order valence-corrected chi connectivity index (χ4v) is 3.15. The van der Waals surface area contributed by atoms with Crippen LogP contribution in [0.25, 0.3) is 11.0 Å². The summed E-state index contributed by atoms with van der Waals surface area (Å²) in [6.45, 7) is 0.716. The summed E-state index contributed by atoms with van der Waals surface area (Å²) in [5.41, 5.74) is 9.06. The molecule has 1 aliphatic heterocycles. The van der Waals surface area contributed by atoms with Gasteiger partial charge >= 0.3 is 0 Å². The van der Waals surface area contributed by atoms with Crippen molar-refractivity contribution >= 4 is 11.0 Å². The zero-order valence-corrected chi connectivity index (χ0v) is 14.0. The molecule has 2 N–H and O–H groups in total. The minimum atomic E-state index is -0.0538. The quantitative estimate of drug-likeness (QED) is 0.768. The fraction of sp³-hybridized carbons (Fsp3) is 0.200. The smallest absolute Gasteiger partial charge is 0.207 e. The van der Waals surface area contributed by atoms with E-state index in [-0.39, 0.29) is 6.04 Å². The highest BCUT2D eigenvalue weighted by Gasteiger charge is 2.29. The molecular formula is C20H20N2O3. The second-order valence-corrected chi connectivity index (χ2v) is 6.03. The largest absolute Gasteiger partial charge is 0.497 e. The molecule has 0 radical (unpaired) electrons. The molecule has 0 saturated heterocycles. The Hall–Kier alpha value is -2.92. The number of hydrogen-bond donors (Lipinski definition) is 1. The van der Waals surface area contributed by atoms with Crippen molar-refractivity contribution in [3.8, 4) is 5.75 Å². The van der Waals surface area contributed by atoms with Crippen LogP contribution in [0.5, 0.6) is 5.75 Å². The van der Waals surface area contributed by atoms with Crippen molar-refractivity contribution in [1.82, 2.24) is 5.06 Å². The molecular weight excluding hydrogens is 316 g/mol. The van der Waals surface area contributed by atoms with Crippen LogP contribution >= 0.6 is 0 Å². The number of rotatable bonds is 5. The first-order valence-electron chi connectivity index (χ1n) is 8.25. The molecule has 1 atom stereocenters. The van der Waals surface area contributed by atoms with Crippen molar-refractivity contribution in [2.45, 2.75) is 12.5 Å². The van der Waals surface area contributed by atoms with E-state index >= 15 is 0 Å². The summed E-state index contributed by atoms with van der Waals surface area (Å²) in [5.74, 6) is 1.28. The van der Waals surface area contributed by atoms with Crippen molar-refractivity contribution in [1.29, 1.82) is 0 Å². The molecule has 1 aromatic heterocycles. The average molecular weight is 336 g/mol. The predicted octanol–water partition coefficient (Wildman–Crippen LogP) is 3.77. The first-order chi connectivity index (χ1) is 12.2. The van der Waals surface area contributed by atoms with Crippen LogP contribution in [-0.4, -0.2) is 18.7 Å². The summed E-state index contributed by atoms with van der Waals surface area (Å²) in [4.78, 5) is 5.72. The van der Waals surface area contributed by atoms with Gasteiger partial charge in [-0.2, -0.15) is 0 Å². The van der Waals surface area contributed by atoms with Gasteiger partial charge in [-0.25, -0.2) is 0 Å². The van der Waals surface area contributed by atoms with Gasteiger partial charge in [-0.1, -0.05) is 30.3 Å². The zero-order chi connectivity index (χ0) is 17.2. The molecule has 0 fully saturated rings. The Kier molecular flexibility index (Phi) is 4.07. The molecule has 2 heterocycles. The minimum absolute atomic E-state index is 0.0538. The number of benzene rings is 2. The van der Waals surface area contributed by atoms with E-state index in [4.69, 9.17) is 19.7 Å². The molecule has 1 unspecified atom stereocenters. The van der Waals surface area contributed by atoms with Gasteiger partial charge in [0.25, 0.3) is 0 Å². The topological polar surface area (TPSA) is 60.9 Å². The molecule has 0 aliphatic carbocycles. The van der Waals surface area contributed by atoms with Crippen LogP contribution in [0, 0.1) is 0 Å². The number of nitrogens with zero attached hydrogens (tertiary/aromatic N) is 1. The van der Waals surface area contributed by atoms with Gasteiger partial charge in [0.1, 0.15) is 11.3 Å². The SMILES string of the molecule is COc1ccc(CCN2OC(N)=CC2c2coc3ccccc23)cc1. The van der Waals surface area contributed by atoms with E-state index in [9.17, 15) is 0 Å². The van der Waals surface area contributed by atoms with Crippen LogP contribution in [0.2, 0.25) is 0 Å². The maximum Gasteiger partial charge on any atom is 0.207 e. The van der Waals surface area contributed by atoms with E-state index < -0.39 is 0 Å². The third-order valence-corrected chi connectivity index (χ3v) is 4.46. The van der Waals surface area contributed by atoms with Gasteiger partial charge in [0.15, 0.2) is 0 Å². The van der Waals surface area contributed by atoms with Crippen molar-refractivity contribution < 1.29 is 14.0 Å². The van der Waals surface area contributed by atoms with Crippen LogP contribution in [0.3, 0.4) is 0 Å². The van der Waals surface area contributed by atoms with E-state index in [1.54, 1.807) is 13.4 Å². The second-order valence-electron chi connectivity index (χ2n) is 6.03. The van der Waals surface area contributed by atoms with Crippen LogP contribution in [0.4, 0.5) is 0 Å². The Morgan fingerprint density at radius 1 is 1.12 bits per heavy atom. The molecule has 4 rings (SSSR count). The molecule has 0 saturated carbocycles. The maximum absolute atomic E-state index is 5.92. The third-order valence-electron chi connectivity index (χ3n) is 4.46. The number of methoxy groups -OCH3 is 1. The number of ether oxygens (including phenoxy) is 1. The summed E-state index contributed by atoms with van der Waals surface area (Å²) in [7, 11) is 1.67. The lowest BCUT2D eigenvalue weighted by molar-refractivity contribution is -0.118. The molecule has 5 heteroatoms. The number of para-hydroxylation sites is 1. The van der Waals surface area contributed by atoms with Gasteiger partial charge in [-0.15, -0.1) is 5.06 Å². The van der Waals surface area contributed by atoms with Gasteiger partial charge < -0.3 is 19.7 Å². The first-order valence-corrected chi connectivity index (χ1v) is 8.25. The molecule has 2 aromatic carbocycles. The van der Waals surface area contributed by atoms with E-state index in [0.29, 0.717) is 12.4 Å². The second kappa shape index (κ2) is 6.53. The Morgan fingerprint density at radius 3 is 2.72 bits per heavy atom. The van der Waals surface area contributed by atoms with Crippen LogP contribution in [0.1, 0.15) is 17.2 Å². The lowest BCUT2D eigenvalue weighted by Crippen LogP contribution is -2.26. The molecule has 0 spiro atoms. The summed E-state index contributed by atoms with van der Waals surface area (Å²) >= 11 is 0. The van der Waals surface area contributed by atoms with Crippen molar-refractivity contribution in [2.24, 2.45) is 5.73 Å². The number of nitrogens with two attached hydrogens (primary N) is 1. The lowest BCUT2D eigenvalue weighted by Gasteiger charge is -2.22. The van der Waals surface area contributed by atoms with Crippen molar-refractivity contribution in [3.63, 3.8) is 0 Å². The Morgan fingerprint density at radius 2 is 1.92 bits per heavy atom. The highest BCUT2D eigenvalue weighted by molar-refractivity contribution is 5.81. The number of fused-ring (bicyclic) bond motifs is 1. The normalized spacial score (nSPS) is 17.5. The molecule has 0 bridgehead atoms. The van der Waals surface area contributed by atoms with Gasteiger partial charge in [-0.3, -0.25) is 0 Å². The van der Waals surface area contributed by atoms with E-state index in [1.807, 2.05) is 41.5 Å². The molecule has 128 valence electrons. The minimum Gasteiger partial charge on any atom is -0.497 e. The first kappa shape index (κ1) is 15.6. The molecule has 3 aromatic rings. The maximum atomic E-state index is 5.92. The highest BCUT2D eigenvalue weighted by atomic mass is 16.7. The van der Waals surface area contributed by atoms with E-state index in [0.717, 1.165) is 28.7 Å². The average Bonchev–Trinajstić information content (AvgIpc) is 3.23. The van der Waals surface area contributed by atoms with Gasteiger partial charge in [0.2, 0.25) is 5.88 Å². The number of furan rings is 1. The van der Waals surface area contributed by atoms with Crippen molar-refractivity contribution in [3.05, 3.63) is 77.9 Å². The highest BCUT2D eigenvalue weighted by Crippen LogP contribution is 2.35. The van der Waals surface area contributed by atoms with Gasteiger partial charge in [0, 0.05) is 23.6 Å². The predicted molar refractivity (Wildman–Crippen MR) is 95.7 cm³/mol. The molecule has 1 aliphatic rings.